The second kappa shape index (κ2) is 3.20. The van der Waals surface area contributed by atoms with Gasteiger partial charge in [0.1, 0.15) is 5.69 Å². The summed E-state index contributed by atoms with van der Waals surface area (Å²) >= 11 is 0. The zero-order chi connectivity index (χ0) is 9.14. The fourth-order valence-corrected chi connectivity index (χ4v) is 0.819. The first-order valence-electron chi connectivity index (χ1n) is 3.20. The van der Waals surface area contributed by atoms with Crippen LogP contribution in [0.1, 0.15) is 10.5 Å². The van der Waals surface area contributed by atoms with Gasteiger partial charge in [-0.3, -0.25) is 16.1 Å². The summed E-state index contributed by atoms with van der Waals surface area (Å²) in [5.41, 5.74) is 10.1. The Balaban J connectivity index is 2.96. The maximum Gasteiger partial charge on any atom is 0.267 e. The number of imidazole rings is 1. The molecule has 0 spiro atoms. The van der Waals surface area contributed by atoms with E-state index >= 15 is 0 Å². The van der Waals surface area contributed by atoms with Gasteiger partial charge in [-0.15, -0.1) is 0 Å². The number of hydrogen-bond donors (Lipinski definition) is 4. The van der Waals surface area contributed by atoms with Crippen molar-refractivity contribution >= 4 is 11.9 Å². The lowest BCUT2D eigenvalue weighted by atomic mass is 10.4. The summed E-state index contributed by atoms with van der Waals surface area (Å²) in [6.07, 6.45) is 1.36. The number of hydrazine groups is 2. The van der Waals surface area contributed by atoms with Gasteiger partial charge in [-0.05, 0) is 0 Å². The molecule has 0 radical (unpaired) electrons. The lowest BCUT2D eigenvalue weighted by Crippen LogP contribution is -2.30. The molecule has 0 saturated carbocycles. The molecule has 0 atom stereocenters. The number of amides is 1. The molecule has 1 heterocycles. The number of nitrogens with two attached hydrogens (primary N) is 2. The van der Waals surface area contributed by atoms with E-state index in [0.29, 0.717) is 11.6 Å². The van der Waals surface area contributed by atoms with Gasteiger partial charge in [0.2, 0.25) is 5.95 Å². The highest BCUT2D eigenvalue weighted by Crippen LogP contribution is 2.05. The van der Waals surface area contributed by atoms with Crippen LogP contribution in [0.25, 0.3) is 0 Å². The Morgan fingerprint density at radius 1 is 1.75 bits per heavy atom. The first kappa shape index (κ1) is 8.50. The molecule has 0 aliphatic rings. The smallest absolute Gasteiger partial charge is 0.267 e. The Morgan fingerprint density at radius 3 is 2.83 bits per heavy atom. The molecule has 6 N–H and O–H groups in total. The normalized spacial score (nSPS) is 9.83. The summed E-state index contributed by atoms with van der Waals surface area (Å²) in [4.78, 5) is 14.6. The van der Waals surface area contributed by atoms with E-state index in [9.17, 15) is 4.79 Å². The van der Waals surface area contributed by atoms with Gasteiger partial charge in [0.05, 0.1) is 6.20 Å². The number of primary amides is 1. The van der Waals surface area contributed by atoms with E-state index in [1.165, 1.54) is 10.8 Å². The zero-order valence-corrected chi connectivity index (χ0v) is 6.53. The second-order valence-electron chi connectivity index (χ2n) is 2.16. The molecule has 1 rings (SSSR count). The SMILES string of the molecule is Cn1c(C(N)=O)cnc1NNN. The van der Waals surface area contributed by atoms with Gasteiger partial charge < -0.3 is 10.3 Å². The molecule has 12 heavy (non-hydrogen) atoms. The Bertz CT molecular complexity index is 292. The number of aromatic nitrogens is 2. The van der Waals surface area contributed by atoms with Gasteiger partial charge in [0.25, 0.3) is 5.91 Å². The maximum atomic E-state index is 10.7. The third kappa shape index (κ3) is 1.36. The fourth-order valence-electron chi connectivity index (χ4n) is 0.819. The van der Waals surface area contributed by atoms with Gasteiger partial charge >= 0.3 is 0 Å². The van der Waals surface area contributed by atoms with Gasteiger partial charge in [-0.1, -0.05) is 0 Å². The number of nitrogens with one attached hydrogen (secondary N) is 2. The van der Waals surface area contributed by atoms with E-state index in [2.05, 4.69) is 15.9 Å². The molecule has 0 aromatic carbocycles. The summed E-state index contributed by atoms with van der Waals surface area (Å²) < 4.78 is 1.49. The molecular formula is C5H10N6O. The van der Waals surface area contributed by atoms with Gasteiger partial charge in [-0.2, -0.15) is 5.53 Å². The van der Waals surface area contributed by atoms with Gasteiger partial charge in [-0.25, -0.2) is 4.98 Å². The van der Waals surface area contributed by atoms with Gasteiger partial charge in [0, 0.05) is 7.05 Å². The third-order valence-corrected chi connectivity index (χ3v) is 1.42. The van der Waals surface area contributed by atoms with Crippen molar-refractivity contribution < 1.29 is 4.79 Å². The molecule has 7 heteroatoms. The van der Waals surface area contributed by atoms with Crippen molar-refractivity contribution in [3.63, 3.8) is 0 Å². The van der Waals surface area contributed by atoms with Crippen molar-refractivity contribution in [2.24, 2.45) is 18.6 Å². The summed E-state index contributed by atoms with van der Waals surface area (Å²) in [7, 11) is 1.65. The Morgan fingerprint density at radius 2 is 2.42 bits per heavy atom. The van der Waals surface area contributed by atoms with Crippen LogP contribution in [0.4, 0.5) is 5.95 Å². The van der Waals surface area contributed by atoms with Crippen LogP contribution in [-0.4, -0.2) is 15.5 Å². The molecule has 0 bridgehead atoms. The minimum atomic E-state index is -0.532. The first-order chi connectivity index (χ1) is 5.66. The van der Waals surface area contributed by atoms with Crippen molar-refractivity contribution in [3.05, 3.63) is 11.9 Å². The molecule has 7 nitrogen and oxygen atoms in total. The lowest BCUT2D eigenvalue weighted by molar-refractivity contribution is 0.0992. The largest absolute Gasteiger partial charge is 0.364 e. The molecule has 0 unspecified atom stereocenters. The van der Waals surface area contributed by atoms with E-state index in [1.54, 1.807) is 7.05 Å². The average molecular weight is 170 g/mol. The second-order valence-corrected chi connectivity index (χ2v) is 2.16. The highest BCUT2D eigenvalue weighted by molar-refractivity contribution is 5.91. The van der Waals surface area contributed by atoms with Crippen molar-refractivity contribution in [2.75, 3.05) is 5.43 Å². The van der Waals surface area contributed by atoms with E-state index in [1.807, 2.05) is 0 Å². The summed E-state index contributed by atoms with van der Waals surface area (Å²) in [5, 5.41) is 0. The lowest BCUT2D eigenvalue weighted by Gasteiger charge is -2.03. The molecule has 1 aromatic rings. The Hall–Kier alpha value is -1.60. The summed E-state index contributed by atoms with van der Waals surface area (Å²) in [5.74, 6) is 4.87. The monoisotopic (exact) mass is 170 g/mol. The average Bonchev–Trinajstić information content (AvgIpc) is 2.34. The topological polar surface area (TPSA) is 111 Å². The third-order valence-electron chi connectivity index (χ3n) is 1.42. The van der Waals surface area contributed by atoms with Crippen LogP contribution in [0.15, 0.2) is 6.20 Å². The summed E-state index contributed by atoms with van der Waals surface area (Å²) in [6.45, 7) is 0. The van der Waals surface area contributed by atoms with Crippen LogP contribution in [0.5, 0.6) is 0 Å². The van der Waals surface area contributed by atoms with E-state index < -0.39 is 5.91 Å². The highest BCUT2D eigenvalue weighted by Gasteiger charge is 2.09. The quantitative estimate of drug-likeness (QED) is 0.319. The molecule has 0 aliphatic carbocycles. The minimum absolute atomic E-state index is 0.313. The van der Waals surface area contributed by atoms with Crippen molar-refractivity contribution in [2.45, 2.75) is 0 Å². The Kier molecular flexibility index (Phi) is 2.26. The van der Waals surface area contributed by atoms with Crippen LogP contribution >= 0.6 is 0 Å². The van der Waals surface area contributed by atoms with Crippen molar-refractivity contribution in [1.82, 2.24) is 15.1 Å². The standard InChI is InChI=1S/C5H10N6O/c1-11-3(4(6)12)2-8-5(11)9-10-7/h2,10H,7H2,1H3,(H2,6,12)(H,8,9). The van der Waals surface area contributed by atoms with Crippen molar-refractivity contribution in [1.29, 1.82) is 0 Å². The molecular weight excluding hydrogens is 160 g/mol. The van der Waals surface area contributed by atoms with E-state index in [4.69, 9.17) is 11.6 Å². The maximum absolute atomic E-state index is 10.7. The minimum Gasteiger partial charge on any atom is -0.364 e. The fraction of sp³-hybridized carbons (Fsp3) is 0.200. The summed E-state index contributed by atoms with van der Waals surface area (Å²) in [6, 6.07) is 0. The molecule has 0 saturated heterocycles. The predicted octanol–water partition coefficient (Wildman–Crippen LogP) is -1.69. The van der Waals surface area contributed by atoms with Crippen LogP contribution in [0.2, 0.25) is 0 Å². The number of carbonyl (C=O) groups is 1. The number of carbonyl (C=O) groups excluding carboxylic acids is 1. The zero-order valence-electron chi connectivity index (χ0n) is 6.53. The van der Waals surface area contributed by atoms with Crippen LogP contribution in [0, 0.1) is 0 Å². The molecule has 1 aromatic heterocycles. The number of hydrogen-bond acceptors (Lipinski definition) is 5. The number of anilines is 1. The molecule has 0 fully saturated rings. The highest BCUT2D eigenvalue weighted by atomic mass is 16.1. The van der Waals surface area contributed by atoms with Crippen LogP contribution < -0.4 is 22.5 Å². The van der Waals surface area contributed by atoms with E-state index in [0.717, 1.165) is 0 Å². The number of nitrogens with zero attached hydrogens (tertiary/aromatic N) is 2. The molecule has 1 amide bonds. The predicted molar refractivity (Wildman–Crippen MR) is 42.7 cm³/mol. The Labute approximate surface area is 68.7 Å². The van der Waals surface area contributed by atoms with E-state index in [-0.39, 0.29) is 0 Å². The van der Waals surface area contributed by atoms with Crippen LogP contribution in [-0.2, 0) is 7.05 Å². The van der Waals surface area contributed by atoms with Gasteiger partial charge in [0.15, 0.2) is 0 Å². The van der Waals surface area contributed by atoms with Crippen LogP contribution in [0.3, 0.4) is 0 Å². The number of rotatable bonds is 3. The van der Waals surface area contributed by atoms with Crippen molar-refractivity contribution in [3.8, 4) is 0 Å². The molecule has 0 aliphatic heterocycles. The molecule has 66 valence electrons. The first-order valence-corrected chi connectivity index (χ1v) is 3.20.